The molecule has 0 aliphatic carbocycles. The molecule has 464 valence electrons. The zero-order valence-corrected chi connectivity index (χ0v) is 53.3. The predicted octanol–water partition coefficient (Wildman–Crippen LogP) is 24.1. The third-order valence-electron chi connectivity index (χ3n) is 15.4. The second-order valence-electron chi connectivity index (χ2n) is 23.4. The summed E-state index contributed by atoms with van der Waals surface area (Å²) in [7, 11) is 0. The van der Waals surface area contributed by atoms with Crippen molar-refractivity contribution in [2.45, 2.75) is 367 Å². The molecule has 0 aromatic rings. The molecule has 6 nitrogen and oxygen atoms in total. The molecule has 0 amide bonds. The Kier molecular flexibility index (Phi) is 65.7. The van der Waals surface area contributed by atoms with E-state index in [9.17, 15) is 14.4 Å². The monoisotopic (exact) mass is 1120 g/mol. The second kappa shape index (κ2) is 68.3. The van der Waals surface area contributed by atoms with Crippen LogP contribution in [-0.4, -0.2) is 37.2 Å². The van der Waals surface area contributed by atoms with Crippen molar-refractivity contribution >= 4 is 17.9 Å². The SMILES string of the molecule is CC/C=C\C/C=C\C/C=C\C/C=C\CCCCCCCCCCC(=O)OC(COC(=O)CCCCCCC/C=C\C/C=C\CCCCCC)COC(=O)CCCCCCCCCCCCCCCCCCCCCCCCCCC. The molecule has 6 heteroatoms. The molecule has 0 aliphatic heterocycles. The first kappa shape index (κ1) is 76.9. The van der Waals surface area contributed by atoms with Gasteiger partial charge in [-0.3, -0.25) is 14.4 Å². The summed E-state index contributed by atoms with van der Waals surface area (Å²) in [5.74, 6) is -0.882. The summed E-state index contributed by atoms with van der Waals surface area (Å²) in [6.45, 7) is 6.55. The molecular formula is C74H132O6. The molecule has 0 aromatic heterocycles. The largest absolute Gasteiger partial charge is 0.462 e. The van der Waals surface area contributed by atoms with E-state index in [1.54, 1.807) is 0 Å². The van der Waals surface area contributed by atoms with Crippen molar-refractivity contribution < 1.29 is 28.6 Å². The van der Waals surface area contributed by atoms with Crippen LogP contribution in [0, 0.1) is 0 Å². The minimum absolute atomic E-state index is 0.0800. The van der Waals surface area contributed by atoms with Crippen molar-refractivity contribution in [2.75, 3.05) is 13.2 Å². The van der Waals surface area contributed by atoms with Gasteiger partial charge in [0.05, 0.1) is 0 Å². The van der Waals surface area contributed by atoms with E-state index in [0.717, 1.165) is 109 Å². The fourth-order valence-corrected chi connectivity index (χ4v) is 10.2. The summed E-state index contributed by atoms with van der Waals surface area (Å²) in [5.41, 5.74) is 0. The van der Waals surface area contributed by atoms with Crippen molar-refractivity contribution in [1.29, 1.82) is 0 Å². The molecule has 0 radical (unpaired) electrons. The van der Waals surface area contributed by atoms with Crippen molar-refractivity contribution in [1.82, 2.24) is 0 Å². The number of hydrogen-bond acceptors (Lipinski definition) is 6. The minimum atomic E-state index is -0.787. The van der Waals surface area contributed by atoms with Crippen LogP contribution >= 0.6 is 0 Å². The van der Waals surface area contributed by atoms with Crippen molar-refractivity contribution in [3.05, 3.63) is 72.9 Å². The summed E-state index contributed by atoms with van der Waals surface area (Å²) in [6.07, 6.45) is 89.2. The van der Waals surface area contributed by atoms with Crippen LogP contribution in [0.1, 0.15) is 361 Å². The number of carbonyl (C=O) groups is 3. The first-order valence-electron chi connectivity index (χ1n) is 34.9. The first-order chi connectivity index (χ1) is 39.5. The van der Waals surface area contributed by atoms with E-state index in [1.807, 2.05) is 0 Å². The van der Waals surface area contributed by atoms with Crippen molar-refractivity contribution in [3.63, 3.8) is 0 Å². The fourth-order valence-electron chi connectivity index (χ4n) is 10.2. The Labute approximate surface area is 497 Å². The third-order valence-corrected chi connectivity index (χ3v) is 15.4. The van der Waals surface area contributed by atoms with Crippen LogP contribution in [0.2, 0.25) is 0 Å². The van der Waals surface area contributed by atoms with Crippen molar-refractivity contribution in [2.24, 2.45) is 0 Å². The van der Waals surface area contributed by atoms with Gasteiger partial charge in [-0.2, -0.15) is 0 Å². The lowest BCUT2D eigenvalue weighted by Gasteiger charge is -2.18. The van der Waals surface area contributed by atoms with E-state index in [2.05, 4.69) is 93.7 Å². The molecule has 80 heavy (non-hydrogen) atoms. The van der Waals surface area contributed by atoms with Crippen LogP contribution in [0.4, 0.5) is 0 Å². The quantitative estimate of drug-likeness (QED) is 0.0261. The molecule has 0 fully saturated rings. The average molecular weight is 1120 g/mol. The molecule has 0 saturated carbocycles. The van der Waals surface area contributed by atoms with E-state index >= 15 is 0 Å². The summed E-state index contributed by atoms with van der Waals surface area (Å²) >= 11 is 0. The molecule has 0 heterocycles. The average Bonchev–Trinajstić information content (AvgIpc) is 3.46. The van der Waals surface area contributed by atoms with Gasteiger partial charge < -0.3 is 14.2 Å². The molecule has 0 aromatic carbocycles. The van der Waals surface area contributed by atoms with Gasteiger partial charge in [-0.05, 0) is 89.9 Å². The van der Waals surface area contributed by atoms with Gasteiger partial charge >= 0.3 is 17.9 Å². The zero-order chi connectivity index (χ0) is 57.8. The van der Waals surface area contributed by atoms with Crippen LogP contribution in [0.3, 0.4) is 0 Å². The molecule has 0 rings (SSSR count). The topological polar surface area (TPSA) is 78.9 Å². The highest BCUT2D eigenvalue weighted by Gasteiger charge is 2.19. The molecule has 0 N–H and O–H groups in total. The number of carbonyl (C=O) groups excluding carboxylic acids is 3. The van der Waals surface area contributed by atoms with Gasteiger partial charge in [-0.15, -0.1) is 0 Å². The van der Waals surface area contributed by atoms with Gasteiger partial charge in [0, 0.05) is 19.3 Å². The smallest absolute Gasteiger partial charge is 0.306 e. The predicted molar refractivity (Wildman–Crippen MR) is 348 cm³/mol. The summed E-state index contributed by atoms with van der Waals surface area (Å²) in [4.78, 5) is 38.4. The van der Waals surface area contributed by atoms with Crippen LogP contribution in [0.15, 0.2) is 72.9 Å². The van der Waals surface area contributed by atoms with Crippen LogP contribution < -0.4 is 0 Å². The normalized spacial score (nSPS) is 12.5. The van der Waals surface area contributed by atoms with E-state index in [1.165, 1.54) is 212 Å². The van der Waals surface area contributed by atoms with Crippen LogP contribution in [0.25, 0.3) is 0 Å². The lowest BCUT2D eigenvalue weighted by Crippen LogP contribution is -2.30. The van der Waals surface area contributed by atoms with Crippen molar-refractivity contribution in [3.8, 4) is 0 Å². The highest BCUT2D eigenvalue weighted by Crippen LogP contribution is 2.18. The number of allylic oxidation sites excluding steroid dienone is 12. The molecular weight excluding hydrogens is 985 g/mol. The maximum Gasteiger partial charge on any atom is 0.306 e. The second-order valence-corrected chi connectivity index (χ2v) is 23.4. The third kappa shape index (κ3) is 65.7. The van der Waals surface area contributed by atoms with E-state index in [0.29, 0.717) is 19.3 Å². The number of unbranched alkanes of at least 4 members (excludes halogenated alkanes) is 41. The van der Waals surface area contributed by atoms with Crippen LogP contribution in [-0.2, 0) is 28.6 Å². The molecule has 0 saturated heterocycles. The Morgan fingerprint density at radius 3 is 0.775 bits per heavy atom. The van der Waals surface area contributed by atoms with Gasteiger partial charge in [0.15, 0.2) is 6.10 Å². The fraction of sp³-hybridized carbons (Fsp3) is 0.797. The highest BCUT2D eigenvalue weighted by molar-refractivity contribution is 5.71. The Hall–Kier alpha value is -3.15. The summed E-state index contributed by atoms with van der Waals surface area (Å²) in [5, 5.41) is 0. The minimum Gasteiger partial charge on any atom is -0.462 e. The first-order valence-corrected chi connectivity index (χ1v) is 34.9. The van der Waals surface area contributed by atoms with E-state index in [4.69, 9.17) is 14.2 Å². The Balaban J connectivity index is 4.32. The van der Waals surface area contributed by atoms with Crippen LogP contribution in [0.5, 0.6) is 0 Å². The maximum absolute atomic E-state index is 13.0. The molecule has 0 aliphatic rings. The summed E-state index contributed by atoms with van der Waals surface area (Å²) < 4.78 is 17.0. The number of hydrogen-bond donors (Lipinski definition) is 0. The van der Waals surface area contributed by atoms with Gasteiger partial charge in [0.2, 0.25) is 0 Å². The number of esters is 3. The zero-order valence-electron chi connectivity index (χ0n) is 53.3. The van der Waals surface area contributed by atoms with Gasteiger partial charge in [-0.1, -0.05) is 325 Å². The molecule has 0 spiro atoms. The van der Waals surface area contributed by atoms with Gasteiger partial charge in [-0.25, -0.2) is 0 Å². The lowest BCUT2D eigenvalue weighted by molar-refractivity contribution is -0.167. The van der Waals surface area contributed by atoms with E-state index < -0.39 is 6.10 Å². The molecule has 0 bridgehead atoms. The summed E-state index contributed by atoms with van der Waals surface area (Å²) in [6, 6.07) is 0. The highest BCUT2D eigenvalue weighted by atomic mass is 16.6. The Morgan fingerprint density at radius 2 is 0.487 bits per heavy atom. The Morgan fingerprint density at radius 1 is 0.263 bits per heavy atom. The van der Waals surface area contributed by atoms with Gasteiger partial charge in [0.25, 0.3) is 0 Å². The van der Waals surface area contributed by atoms with E-state index in [-0.39, 0.29) is 31.1 Å². The number of ether oxygens (including phenoxy) is 3. The molecule has 1 unspecified atom stereocenters. The number of rotatable bonds is 64. The standard InChI is InChI=1S/C74H132O6/c1-4-7-10-13-16-19-22-25-28-31-33-35-36-37-38-40-41-43-46-49-52-55-58-61-64-67-73(76)79-70-71(69-78-72(75)66-63-60-57-54-51-48-45-30-27-24-21-18-15-12-9-6-3)80-74(77)68-65-62-59-56-53-50-47-44-42-39-34-32-29-26-23-20-17-14-11-8-5-2/h8,11,17,20-21,24,26,29-30,34,39,45,71H,4-7,9-10,12-16,18-19,22-23,25,27-28,31-33,35-38,40-44,46-70H2,1-3H3/b11-8-,20-17-,24-21-,29-26-,39-34-,45-30-. The maximum atomic E-state index is 13.0. The van der Waals surface area contributed by atoms with Gasteiger partial charge in [0.1, 0.15) is 13.2 Å². The Bertz CT molecular complexity index is 1470. The molecule has 1 atom stereocenters. The lowest BCUT2D eigenvalue weighted by atomic mass is 10.0.